The molecule has 1 saturated heterocycles. The number of benzene rings is 1. The van der Waals surface area contributed by atoms with Crippen LogP contribution in [0.2, 0.25) is 0 Å². The van der Waals surface area contributed by atoms with Crippen LogP contribution in [-0.2, 0) is 6.54 Å². The Hall–Kier alpha value is -1.26. The van der Waals surface area contributed by atoms with Crippen molar-refractivity contribution in [2.24, 2.45) is 0 Å². The lowest BCUT2D eigenvalue weighted by Gasteiger charge is -2.27. The SMILES string of the molecule is COc1ccc(CNN2CCCCC2)cc1OC1CCCC1. The molecule has 1 saturated carbocycles. The predicted molar refractivity (Wildman–Crippen MR) is 88.1 cm³/mol. The Labute approximate surface area is 133 Å². The molecular weight excluding hydrogens is 276 g/mol. The highest BCUT2D eigenvalue weighted by atomic mass is 16.5. The van der Waals surface area contributed by atoms with Gasteiger partial charge in [0, 0.05) is 19.6 Å². The van der Waals surface area contributed by atoms with Crippen LogP contribution in [0, 0.1) is 0 Å². The maximum atomic E-state index is 6.16. The maximum absolute atomic E-state index is 6.16. The summed E-state index contributed by atoms with van der Waals surface area (Å²) < 4.78 is 11.6. The summed E-state index contributed by atoms with van der Waals surface area (Å²) in [4.78, 5) is 0. The molecule has 0 spiro atoms. The topological polar surface area (TPSA) is 33.7 Å². The van der Waals surface area contributed by atoms with Gasteiger partial charge in [0.25, 0.3) is 0 Å². The van der Waals surface area contributed by atoms with E-state index in [-0.39, 0.29) is 0 Å². The van der Waals surface area contributed by atoms with E-state index in [4.69, 9.17) is 9.47 Å². The number of hydrogen-bond acceptors (Lipinski definition) is 4. The third kappa shape index (κ3) is 4.14. The lowest BCUT2D eigenvalue weighted by Crippen LogP contribution is -2.41. The van der Waals surface area contributed by atoms with Crippen molar-refractivity contribution >= 4 is 0 Å². The molecule has 0 aromatic heterocycles. The summed E-state index contributed by atoms with van der Waals surface area (Å²) in [6.45, 7) is 3.16. The second kappa shape index (κ2) is 7.84. The first-order valence-electron chi connectivity index (χ1n) is 8.67. The van der Waals surface area contributed by atoms with Crippen molar-refractivity contribution in [2.75, 3.05) is 20.2 Å². The first-order valence-corrected chi connectivity index (χ1v) is 8.67. The van der Waals surface area contributed by atoms with Gasteiger partial charge in [0.15, 0.2) is 11.5 Å². The van der Waals surface area contributed by atoms with E-state index in [1.165, 1.54) is 50.5 Å². The summed E-state index contributed by atoms with van der Waals surface area (Å²) in [5.74, 6) is 1.74. The quantitative estimate of drug-likeness (QED) is 0.872. The molecule has 1 N–H and O–H groups in total. The molecule has 4 heteroatoms. The molecule has 2 aliphatic rings. The third-order valence-corrected chi connectivity index (χ3v) is 4.69. The largest absolute Gasteiger partial charge is 0.493 e. The minimum Gasteiger partial charge on any atom is -0.493 e. The molecule has 0 radical (unpaired) electrons. The minimum atomic E-state index is 0.360. The summed E-state index contributed by atoms with van der Waals surface area (Å²) in [6.07, 6.45) is 9.21. The first kappa shape index (κ1) is 15.6. The summed E-state index contributed by atoms with van der Waals surface area (Å²) in [7, 11) is 1.71. The van der Waals surface area contributed by atoms with Crippen molar-refractivity contribution < 1.29 is 9.47 Å². The van der Waals surface area contributed by atoms with Gasteiger partial charge in [-0.3, -0.25) is 5.43 Å². The van der Waals surface area contributed by atoms with E-state index in [2.05, 4.69) is 22.6 Å². The molecule has 1 heterocycles. The average molecular weight is 304 g/mol. The van der Waals surface area contributed by atoms with Crippen LogP contribution in [0.1, 0.15) is 50.5 Å². The monoisotopic (exact) mass is 304 g/mol. The highest BCUT2D eigenvalue weighted by molar-refractivity contribution is 5.43. The van der Waals surface area contributed by atoms with E-state index in [9.17, 15) is 0 Å². The third-order valence-electron chi connectivity index (χ3n) is 4.69. The van der Waals surface area contributed by atoms with Crippen LogP contribution in [-0.4, -0.2) is 31.3 Å². The minimum absolute atomic E-state index is 0.360. The Morgan fingerprint density at radius 1 is 1.05 bits per heavy atom. The number of ether oxygens (including phenoxy) is 2. The fourth-order valence-electron chi connectivity index (χ4n) is 3.36. The molecule has 0 amide bonds. The maximum Gasteiger partial charge on any atom is 0.161 e. The van der Waals surface area contributed by atoms with E-state index >= 15 is 0 Å². The molecule has 122 valence electrons. The smallest absolute Gasteiger partial charge is 0.161 e. The van der Waals surface area contributed by atoms with Crippen LogP contribution in [0.4, 0.5) is 0 Å². The molecule has 0 bridgehead atoms. The Morgan fingerprint density at radius 2 is 1.82 bits per heavy atom. The van der Waals surface area contributed by atoms with Crippen LogP contribution in [0.5, 0.6) is 11.5 Å². The zero-order valence-corrected chi connectivity index (χ0v) is 13.6. The zero-order valence-electron chi connectivity index (χ0n) is 13.6. The number of hydrogen-bond donors (Lipinski definition) is 1. The molecule has 0 atom stereocenters. The Balaban J connectivity index is 1.60. The van der Waals surface area contributed by atoms with Crippen molar-refractivity contribution in [3.8, 4) is 11.5 Å². The van der Waals surface area contributed by atoms with Gasteiger partial charge in [-0.1, -0.05) is 12.5 Å². The van der Waals surface area contributed by atoms with E-state index in [1.807, 2.05) is 6.07 Å². The van der Waals surface area contributed by atoms with E-state index in [1.54, 1.807) is 7.11 Å². The molecular formula is C18H28N2O2. The highest BCUT2D eigenvalue weighted by Crippen LogP contribution is 2.32. The van der Waals surface area contributed by atoms with Crippen molar-refractivity contribution in [3.05, 3.63) is 23.8 Å². The second-order valence-electron chi connectivity index (χ2n) is 6.39. The van der Waals surface area contributed by atoms with Crippen molar-refractivity contribution in [1.82, 2.24) is 10.4 Å². The van der Waals surface area contributed by atoms with Crippen molar-refractivity contribution in [1.29, 1.82) is 0 Å². The van der Waals surface area contributed by atoms with E-state index in [0.29, 0.717) is 6.10 Å². The first-order chi connectivity index (χ1) is 10.8. The van der Waals surface area contributed by atoms with Gasteiger partial charge in [0.2, 0.25) is 0 Å². The molecule has 2 fully saturated rings. The fraction of sp³-hybridized carbons (Fsp3) is 0.667. The Kier molecular flexibility index (Phi) is 5.57. The molecule has 22 heavy (non-hydrogen) atoms. The lowest BCUT2D eigenvalue weighted by atomic mass is 10.1. The van der Waals surface area contributed by atoms with Crippen LogP contribution in [0.25, 0.3) is 0 Å². The second-order valence-corrected chi connectivity index (χ2v) is 6.39. The molecule has 4 nitrogen and oxygen atoms in total. The van der Waals surface area contributed by atoms with Crippen molar-refractivity contribution in [2.45, 2.75) is 57.6 Å². The molecule has 0 unspecified atom stereocenters. The molecule has 3 rings (SSSR count). The van der Waals surface area contributed by atoms with Gasteiger partial charge in [-0.05, 0) is 56.2 Å². The zero-order chi connectivity index (χ0) is 15.2. The van der Waals surface area contributed by atoms with Crippen LogP contribution in [0.15, 0.2) is 18.2 Å². The summed E-state index contributed by atoms with van der Waals surface area (Å²) in [5.41, 5.74) is 4.78. The van der Waals surface area contributed by atoms with Gasteiger partial charge in [0.1, 0.15) is 0 Å². The number of hydrazine groups is 1. The van der Waals surface area contributed by atoms with Gasteiger partial charge >= 0.3 is 0 Å². The standard InChI is InChI=1S/C18H28N2O2/c1-21-17-10-9-15(14-19-20-11-5-2-6-12-20)13-18(17)22-16-7-3-4-8-16/h9-10,13,16,19H,2-8,11-12,14H2,1H3. The highest BCUT2D eigenvalue weighted by Gasteiger charge is 2.18. The van der Waals surface area contributed by atoms with Gasteiger partial charge in [-0.2, -0.15) is 0 Å². The number of piperidine rings is 1. The summed E-state index contributed by atoms with van der Waals surface area (Å²) in [6, 6.07) is 6.28. The van der Waals surface area contributed by atoms with Crippen LogP contribution < -0.4 is 14.9 Å². The normalized spacial score (nSPS) is 20.2. The lowest BCUT2D eigenvalue weighted by molar-refractivity contribution is 0.151. The van der Waals surface area contributed by atoms with E-state index < -0.39 is 0 Å². The summed E-state index contributed by atoms with van der Waals surface area (Å²) >= 11 is 0. The number of methoxy groups -OCH3 is 1. The van der Waals surface area contributed by atoms with Crippen LogP contribution >= 0.6 is 0 Å². The fourth-order valence-corrected chi connectivity index (χ4v) is 3.36. The van der Waals surface area contributed by atoms with Crippen molar-refractivity contribution in [3.63, 3.8) is 0 Å². The predicted octanol–water partition coefficient (Wildman–Crippen LogP) is 3.51. The molecule has 1 aromatic carbocycles. The average Bonchev–Trinajstić information content (AvgIpc) is 3.07. The van der Waals surface area contributed by atoms with Gasteiger partial charge in [-0.25, -0.2) is 5.01 Å². The summed E-state index contributed by atoms with van der Waals surface area (Å²) in [5, 5.41) is 2.34. The number of rotatable bonds is 6. The number of nitrogens with one attached hydrogen (secondary N) is 1. The Bertz CT molecular complexity index is 466. The Morgan fingerprint density at radius 3 is 2.55 bits per heavy atom. The molecule has 1 aromatic rings. The molecule has 1 aliphatic heterocycles. The van der Waals surface area contributed by atoms with Gasteiger partial charge in [-0.15, -0.1) is 0 Å². The number of nitrogens with zero attached hydrogens (tertiary/aromatic N) is 1. The van der Waals surface area contributed by atoms with E-state index in [0.717, 1.165) is 31.1 Å². The van der Waals surface area contributed by atoms with Gasteiger partial charge in [0.05, 0.1) is 13.2 Å². The van der Waals surface area contributed by atoms with Gasteiger partial charge < -0.3 is 9.47 Å². The molecule has 1 aliphatic carbocycles. The van der Waals surface area contributed by atoms with Crippen LogP contribution in [0.3, 0.4) is 0 Å².